The van der Waals surface area contributed by atoms with E-state index in [9.17, 15) is 5.11 Å². The van der Waals surface area contributed by atoms with E-state index in [1.165, 1.54) is 0 Å². The highest BCUT2D eigenvalue weighted by Gasteiger charge is 2.29. The maximum absolute atomic E-state index is 9.85. The van der Waals surface area contributed by atoms with Crippen LogP contribution < -0.4 is 0 Å². The molecule has 0 aliphatic rings. The molecule has 74 valence electrons. The molecule has 0 saturated carbocycles. The molecule has 0 aromatic heterocycles. The van der Waals surface area contributed by atoms with Crippen molar-refractivity contribution in [2.24, 2.45) is 0 Å². The molecule has 0 saturated heterocycles. The zero-order valence-corrected chi connectivity index (χ0v) is 9.14. The van der Waals surface area contributed by atoms with Gasteiger partial charge in [-0.05, 0) is 20.8 Å². The van der Waals surface area contributed by atoms with Crippen molar-refractivity contribution in [2.75, 3.05) is 25.5 Å². The number of hydrogen-bond acceptors (Lipinski definition) is 1. The molecule has 1 unspecified atom stereocenters. The summed E-state index contributed by atoms with van der Waals surface area (Å²) in [7, 11) is 0. The van der Waals surface area contributed by atoms with Crippen LogP contribution in [0.4, 0.5) is 0 Å². The van der Waals surface area contributed by atoms with Gasteiger partial charge in [0.2, 0.25) is 0 Å². The van der Waals surface area contributed by atoms with Gasteiger partial charge in [0.05, 0.1) is 19.6 Å². The van der Waals surface area contributed by atoms with Crippen LogP contribution in [-0.2, 0) is 0 Å². The lowest BCUT2D eigenvalue weighted by molar-refractivity contribution is -0.966. The molecule has 1 N–H and O–H groups in total. The van der Waals surface area contributed by atoms with Crippen LogP contribution in [0.3, 0.4) is 0 Å². The molecule has 0 aromatic carbocycles. The van der Waals surface area contributed by atoms with Crippen LogP contribution in [0.1, 0.15) is 27.2 Å². The number of halogens is 1. The number of aliphatic hydroxyl groups excluding tert-OH is 1. The van der Waals surface area contributed by atoms with Crippen LogP contribution in [0.5, 0.6) is 0 Å². The minimum Gasteiger partial charge on any atom is -0.345 e. The zero-order chi connectivity index (χ0) is 9.61. The van der Waals surface area contributed by atoms with E-state index in [4.69, 9.17) is 11.6 Å². The second kappa shape index (κ2) is 5.79. The highest BCUT2D eigenvalue weighted by Crippen LogP contribution is 2.14. The van der Waals surface area contributed by atoms with Crippen molar-refractivity contribution in [3.8, 4) is 0 Å². The molecular weight excluding hydrogens is 174 g/mol. The van der Waals surface area contributed by atoms with Gasteiger partial charge in [0.25, 0.3) is 0 Å². The maximum Gasteiger partial charge on any atom is 0.191 e. The Balaban J connectivity index is 4.24. The van der Waals surface area contributed by atoms with Crippen molar-refractivity contribution in [1.29, 1.82) is 0 Å². The average Bonchev–Trinajstić information content (AvgIpc) is 2.09. The highest BCUT2D eigenvalue weighted by molar-refractivity contribution is 6.17. The highest BCUT2D eigenvalue weighted by atomic mass is 35.5. The molecular formula is C9H21ClNO+. The predicted octanol–water partition coefficient (Wildman–Crippen LogP) is 1.81. The summed E-state index contributed by atoms with van der Waals surface area (Å²) in [5, 5.41) is 9.85. The van der Waals surface area contributed by atoms with Gasteiger partial charge in [0, 0.05) is 12.3 Å². The van der Waals surface area contributed by atoms with E-state index in [2.05, 4.69) is 20.8 Å². The molecule has 12 heavy (non-hydrogen) atoms. The Labute approximate surface area is 80.7 Å². The Bertz CT molecular complexity index is 107. The quantitative estimate of drug-likeness (QED) is 0.389. The summed E-state index contributed by atoms with van der Waals surface area (Å²) in [6.07, 6.45) is 0.402. The van der Waals surface area contributed by atoms with Gasteiger partial charge in [-0.1, -0.05) is 0 Å². The van der Waals surface area contributed by atoms with Gasteiger partial charge >= 0.3 is 0 Å². The van der Waals surface area contributed by atoms with Gasteiger partial charge in [0.15, 0.2) is 6.23 Å². The molecule has 0 radical (unpaired) electrons. The van der Waals surface area contributed by atoms with Gasteiger partial charge < -0.3 is 5.11 Å². The van der Waals surface area contributed by atoms with E-state index in [1.54, 1.807) is 0 Å². The molecule has 0 fully saturated rings. The predicted molar refractivity (Wildman–Crippen MR) is 53.2 cm³/mol. The molecule has 0 rings (SSSR count). The first-order valence-electron chi connectivity index (χ1n) is 4.76. The first kappa shape index (κ1) is 12.2. The number of alkyl halides is 1. The summed E-state index contributed by atoms with van der Waals surface area (Å²) in [4.78, 5) is 0. The van der Waals surface area contributed by atoms with Gasteiger partial charge in [-0.15, -0.1) is 11.6 Å². The van der Waals surface area contributed by atoms with Crippen LogP contribution in [0.25, 0.3) is 0 Å². The third kappa shape index (κ3) is 2.61. The monoisotopic (exact) mass is 194 g/mol. The smallest absolute Gasteiger partial charge is 0.191 e. The zero-order valence-electron chi connectivity index (χ0n) is 8.39. The third-order valence-corrected chi connectivity index (χ3v) is 3.11. The molecule has 0 amide bonds. The van der Waals surface area contributed by atoms with Crippen LogP contribution in [0.15, 0.2) is 0 Å². The summed E-state index contributed by atoms with van der Waals surface area (Å²) < 4.78 is 0.771. The van der Waals surface area contributed by atoms with Crippen molar-refractivity contribution >= 4 is 11.6 Å². The molecule has 1 atom stereocenters. The molecule has 0 bridgehead atoms. The van der Waals surface area contributed by atoms with Crippen molar-refractivity contribution in [3.05, 3.63) is 0 Å². The number of aliphatic hydroxyl groups is 1. The molecule has 0 aromatic rings. The molecule has 2 nitrogen and oxygen atoms in total. The Morgan fingerprint density at radius 2 is 1.58 bits per heavy atom. The summed E-state index contributed by atoms with van der Waals surface area (Å²) in [6, 6.07) is 0. The fourth-order valence-corrected chi connectivity index (χ4v) is 1.87. The number of rotatable bonds is 6. The lowest BCUT2D eigenvalue weighted by Gasteiger charge is -2.39. The van der Waals surface area contributed by atoms with Crippen molar-refractivity contribution < 1.29 is 9.59 Å². The largest absolute Gasteiger partial charge is 0.345 e. The Morgan fingerprint density at radius 3 is 1.83 bits per heavy atom. The van der Waals surface area contributed by atoms with Gasteiger partial charge in [0.1, 0.15) is 0 Å². The number of quaternary nitrogens is 1. The first-order valence-corrected chi connectivity index (χ1v) is 5.30. The Morgan fingerprint density at radius 1 is 1.17 bits per heavy atom. The third-order valence-electron chi connectivity index (χ3n) is 2.89. The van der Waals surface area contributed by atoms with Crippen LogP contribution in [0.2, 0.25) is 0 Å². The van der Waals surface area contributed by atoms with Crippen LogP contribution in [-0.4, -0.2) is 41.3 Å². The maximum atomic E-state index is 9.85. The summed E-state index contributed by atoms with van der Waals surface area (Å²) >= 11 is 5.60. The number of hydrogen-bond donors (Lipinski definition) is 1. The van der Waals surface area contributed by atoms with E-state index in [-0.39, 0.29) is 6.23 Å². The Kier molecular flexibility index (Phi) is 5.89. The van der Waals surface area contributed by atoms with Crippen LogP contribution >= 0.6 is 11.6 Å². The van der Waals surface area contributed by atoms with Gasteiger partial charge in [-0.3, -0.25) is 4.48 Å². The minimum atomic E-state index is -0.289. The van der Waals surface area contributed by atoms with E-state index in [0.29, 0.717) is 12.3 Å². The van der Waals surface area contributed by atoms with Crippen molar-refractivity contribution in [3.63, 3.8) is 0 Å². The average molecular weight is 195 g/mol. The Hall–Kier alpha value is 0.210. The van der Waals surface area contributed by atoms with Crippen molar-refractivity contribution in [1.82, 2.24) is 0 Å². The standard InChI is InChI=1S/C9H21ClNO/c1-4-11(5-2,6-3)9(12)7-8-10/h9,12H,4-8H2,1-3H3/q+1. The fraction of sp³-hybridized carbons (Fsp3) is 1.00. The van der Waals surface area contributed by atoms with E-state index in [1.807, 2.05) is 0 Å². The normalized spacial score (nSPS) is 14.8. The second-order valence-electron chi connectivity index (χ2n) is 3.13. The SMILES string of the molecule is CC[N+](CC)(CC)C(O)CCCl. The molecule has 0 spiro atoms. The summed E-state index contributed by atoms with van der Waals surface area (Å²) in [6.45, 7) is 9.28. The van der Waals surface area contributed by atoms with E-state index < -0.39 is 0 Å². The number of nitrogens with zero attached hydrogens (tertiary/aromatic N) is 1. The molecule has 0 heterocycles. The van der Waals surface area contributed by atoms with Crippen LogP contribution in [0, 0.1) is 0 Å². The lowest BCUT2D eigenvalue weighted by atomic mass is 10.2. The van der Waals surface area contributed by atoms with E-state index in [0.717, 1.165) is 24.1 Å². The summed E-state index contributed by atoms with van der Waals surface area (Å²) in [5.41, 5.74) is 0. The van der Waals surface area contributed by atoms with Crippen molar-refractivity contribution in [2.45, 2.75) is 33.4 Å². The molecule has 0 aliphatic carbocycles. The molecule has 3 heteroatoms. The van der Waals surface area contributed by atoms with Gasteiger partial charge in [-0.25, -0.2) is 0 Å². The summed E-state index contributed by atoms with van der Waals surface area (Å²) in [5.74, 6) is 0.543. The fourth-order valence-electron chi connectivity index (χ4n) is 1.67. The minimum absolute atomic E-state index is 0.289. The lowest BCUT2D eigenvalue weighted by Crippen LogP contribution is -2.55. The second-order valence-corrected chi connectivity index (χ2v) is 3.50. The first-order chi connectivity index (χ1) is 5.66. The molecule has 0 aliphatic heterocycles. The topological polar surface area (TPSA) is 20.2 Å². The van der Waals surface area contributed by atoms with Gasteiger partial charge in [-0.2, -0.15) is 0 Å². The van der Waals surface area contributed by atoms with E-state index >= 15 is 0 Å².